The molecule has 0 aliphatic carbocycles. The fraction of sp³-hybridized carbons (Fsp3) is 0.182. The minimum absolute atomic E-state index is 0.131. The van der Waals surface area contributed by atoms with E-state index in [0.29, 0.717) is 17.9 Å². The summed E-state index contributed by atoms with van der Waals surface area (Å²) in [5, 5.41) is 0. The molecule has 0 radical (unpaired) electrons. The van der Waals surface area contributed by atoms with Crippen molar-refractivity contribution >= 4 is 11.6 Å². The van der Waals surface area contributed by atoms with Crippen molar-refractivity contribution in [2.45, 2.75) is 6.42 Å². The van der Waals surface area contributed by atoms with Crippen LogP contribution in [0.15, 0.2) is 30.9 Å². The number of rotatable bonds is 5. The molecule has 0 spiro atoms. The van der Waals surface area contributed by atoms with E-state index in [4.69, 9.17) is 16.2 Å². The first kappa shape index (κ1) is 11.1. The molecule has 0 unspecified atom stereocenters. The van der Waals surface area contributed by atoms with Crippen LogP contribution < -0.4 is 16.2 Å². The van der Waals surface area contributed by atoms with Crippen molar-refractivity contribution in [2.75, 3.05) is 12.3 Å². The first-order valence-corrected chi connectivity index (χ1v) is 4.54. The number of hydrogen-bond donors (Lipinski definition) is 2. The molecule has 1 amide bonds. The van der Waals surface area contributed by atoms with Gasteiger partial charge in [0, 0.05) is 5.69 Å². The molecule has 0 aliphatic rings. The van der Waals surface area contributed by atoms with Crippen LogP contribution in [0.5, 0.6) is 5.75 Å². The SMILES string of the molecule is C=CCc1cc(N)ccc1OCC(N)=O. The van der Waals surface area contributed by atoms with Gasteiger partial charge in [-0.15, -0.1) is 6.58 Å². The summed E-state index contributed by atoms with van der Waals surface area (Å²) in [5.74, 6) is 0.110. The molecule has 4 nitrogen and oxygen atoms in total. The molecular weight excluding hydrogens is 192 g/mol. The van der Waals surface area contributed by atoms with Gasteiger partial charge in [-0.2, -0.15) is 0 Å². The summed E-state index contributed by atoms with van der Waals surface area (Å²) in [6.07, 6.45) is 2.38. The molecule has 0 saturated heterocycles. The highest BCUT2D eigenvalue weighted by atomic mass is 16.5. The molecule has 0 aromatic heterocycles. The first-order chi connectivity index (χ1) is 7.13. The normalized spacial score (nSPS) is 9.60. The Labute approximate surface area is 88.5 Å². The molecule has 80 valence electrons. The second kappa shape index (κ2) is 5.05. The number of allylic oxidation sites excluding steroid dienone is 1. The van der Waals surface area contributed by atoms with Crippen LogP contribution in [0.3, 0.4) is 0 Å². The van der Waals surface area contributed by atoms with E-state index >= 15 is 0 Å². The quantitative estimate of drug-likeness (QED) is 0.554. The number of nitrogens with two attached hydrogens (primary N) is 2. The number of carbonyl (C=O) groups is 1. The Kier molecular flexibility index (Phi) is 3.74. The van der Waals surface area contributed by atoms with Gasteiger partial charge in [0.05, 0.1) is 0 Å². The number of amides is 1. The van der Waals surface area contributed by atoms with Crippen LogP contribution in [0.1, 0.15) is 5.56 Å². The highest BCUT2D eigenvalue weighted by Crippen LogP contribution is 2.22. The predicted molar refractivity (Wildman–Crippen MR) is 59.4 cm³/mol. The second-order valence-corrected chi connectivity index (χ2v) is 3.11. The molecule has 4 N–H and O–H groups in total. The number of hydrogen-bond acceptors (Lipinski definition) is 3. The Balaban J connectivity index is 2.84. The van der Waals surface area contributed by atoms with Crippen LogP contribution in [0.2, 0.25) is 0 Å². The van der Waals surface area contributed by atoms with Gasteiger partial charge in [0.25, 0.3) is 5.91 Å². The average molecular weight is 206 g/mol. The van der Waals surface area contributed by atoms with E-state index in [1.165, 1.54) is 0 Å². The standard InChI is InChI=1S/C11H14N2O2/c1-2-3-8-6-9(12)4-5-10(8)15-7-11(13)14/h2,4-6H,1,3,7,12H2,(H2,13,14). The molecule has 1 aromatic carbocycles. The van der Waals surface area contributed by atoms with Gasteiger partial charge >= 0.3 is 0 Å². The number of ether oxygens (including phenoxy) is 1. The Hall–Kier alpha value is -1.97. The lowest BCUT2D eigenvalue weighted by molar-refractivity contribution is -0.119. The van der Waals surface area contributed by atoms with E-state index in [0.717, 1.165) is 5.56 Å². The third-order valence-electron chi connectivity index (χ3n) is 1.82. The molecule has 0 saturated carbocycles. The Morgan fingerprint density at radius 3 is 2.87 bits per heavy atom. The molecule has 0 aliphatic heterocycles. The Morgan fingerprint density at radius 2 is 2.27 bits per heavy atom. The molecular formula is C11H14N2O2. The van der Waals surface area contributed by atoms with Crippen LogP contribution >= 0.6 is 0 Å². The maximum atomic E-state index is 10.6. The van der Waals surface area contributed by atoms with Gasteiger partial charge in [0.2, 0.25) is 0 Å². The number of nitrogen functional groups attached to an aromatic ring is 1. The smallest absolute Gasteiger partial charge is 0.255 e. The third-order valence-corrected chi connectivity index (χ3v) is 1.82. The zero-order chi connectivity index (χ0) is 11.3. The highest BCUT2D eigenvalue weighted by Gasteiger charge is 2.04. The lowest BCUT2D eigenvalue weighted by atomic mass is 10.1. The van der Waals surface area contributed by atoms with Crippen LogP contribution in [-0.4, -0.2) is 12.5 Å². The lowest BCUT2D eigenvalue weighted by Crippen LogP contribution is -2.20. The highest BCUT2D eigenvalue weighted by molar-refractivity contribution is 5.75. The van der Waals surface area contributed by atoms with Gasteiger partial charge in [-0.1, -0.05) is 6.08 Å². The van der Waals surface area contributed by atoms with Gasteiger partial charge in [0.15, 0.2) is 6.61 Å². The molecule has 0 heterocycles. The summed E-state index contributed by atoms with van der Waals surface area (Å²) in [7, 11) is 0. The minimum Gasteiger partial charge on any atom is -0.483 e. The number of anilines is 1. The first-order valence-electron chi connectivity index (χ1n) is 4.54. The fourth-order valence-corrected chi connectivity index (χ4v) is 1.20. The predicted octanol–water partition coefficient (Wildman–Crippen LogP) is 0.861. The maximum absolute atomic E-state index is 10.6. The topological polar surface area (TPSA) is 78.3 Å². The summed E-state index contributed by atoms with van der Waals surface area (Å²) in [5.41, 5.74) is 12.2. The van der Waals surface area contributed by atoms with Gasteiger partial charge in [-0.05, 0) is 30.2 Å². The largest absolute Gasteiger partial charge is 0.483 e. The van der Waals surface area contributed by atoms with Crippen molar-refractivity contribution in [2.24, 2.45) is 5.73 Å². The second-order valence-electron chi connectivity index (χ2n) is 3.11. The van der Waals surface area contributed by atoms with Crippen molar-refractivity contribution in [1.82, 2.24) is 0 Å². The van der Waals surface area contributed by atoms with Gasteiger partial charge in [0.1, 0.15) is 5.75 Å². The molecule has 4 heteroatoms. The van der Waals surface area contributed by atoms with Crippen molar-refractivity contribution in [1.29, 1.82) is 0 Å². The molecule has 1 rings (SSSR count). The van der Waals surface area contributed by atoms with E-state index < -0.39 is 5.91 Å². The number of carbonyl (C=O) groups excluding carboxylic acids is 1. The zero-order valence-electron chi connectivity index (χ0n) is 8.40. The van der Waals surface area contributed by atoms with Crippen LogP contribution in [0.25, 0.3) is 0 Å². The molecule has 0 bridgehead atoms. The van der Waals surface area contributed by atoms with Crippen molar-refractivity contribution in [3.8, 4) is 5.75 Å². The van der Waals surface area contributed by atoms with E-state index in [2.05, 4.69) is 6.58 Å². The maximum Gasteiger partial charge on any atom is 0.255 e. The van der Waals surface area contributed by atoms with Gasteiger partial charge < -0.3 is 16.2 Å². The van der Waals surface area contributed by atoms with E-state index in [1.807, 2.05) is 0 Å². The Bertz CT molecular complexity index is 375. The van der Waals surface area contributed by atoms with E-state index in [9.17, 15) is 4.79 Å². The zero-order valence-corrected chi connectivity index (χ0v) is 8.40. The summed E-state index contributed by atoms with van der Waals surface area (Å²) >= 11 is 0. The summed E-state index contributed by atoms with van der Waals surface area (Å²) in [4.78, 5) is 10.6. The minimum atomic E-state index is -0.503. The molecule has 15 heavy (non-hydrogen) atoms. The van der Waals surface area contributed by atoms with Crippen molar-refractivity contribution in [3.05, 3.63) is 36.4 Å². The monoisotopic (exact) mass is 206 g/mol. The summed E-state index contributed by atoms with van der Waals surface area (Å²) in [6.45, 7) is 3.50. The van der Waals surface area contributed by atoms with E-state index in [-0.39, 0.29) is 6.61 Å². The fourth-order valence-electron chi connectivity index (χ4n) is 1.20. The summed E-state index contributed by atoms with van der Waals surface area (Å²) in [6, 6.07) is 5.22. The average Bonchev–Trinajstić information content (AvgIpc) is 2.17. The van der Waals surface area contributed by atoms with Gasteiger partial charge in [-0.3, -0.25) is 4.79 Å². The Morgan fingerprint density at radius 1 is 1.53 bits per heavy atom. The van der Waals surface area contributed by atoms with Crippen LogP contribution in [-0.2, 0) is 11.2 Å². The van der Waals surface area contributed by atoms with Crippen molar-refractivity contribution < 1.29 is 9.53 Å². The molecule has 0 atom stereocenters. The molecule has 0 fully saturated rings. The number of benzene rings is 1. The third kappa shape index (κ3) is 3.34. The van der Waals surface area contributed by atoms with Crippen molar-refractivity contribution in [3.63, 3.8) is 0 Å². The van der Waals surface area contributed by atoms with Crippen LogP contribution in [0.4, 0.5) is 5.69 Å². The van der Waals surface area contributed by atoms with Gasteiger partial charge in [-0.25, -0.2) is 0 Å². The molecule has 1 aromatic rings. The summed E-state index contributed by atoms with van der Waals surface area (Å²) < 4.78 is 5.23. The van der Waals surface area contributed by atoms with E-state index in [1.54, 1.807) is 24.3 Å². The number of primary amides is 1. The lowest BCUT2D eigenvalue weighted by Gasteiger charge is -2.09. The van der Waals surface area contributed by atoms with Crippen LogP contribution in [0, 0.1) is 0 Å².